The second-order valence-corrected chi connectivity index (χ2v) is 5.35. The van der Waals surface area contributed by atoms with Gasteiger partial charge in [0.15, 0.2) is 12.4 Å². The number of halogens is 1. The highest BCUT2D eigenvalue weighted by atomic mass is 19.1. The molecule has 0 fully saturated rings. The number of hydrogen-bond acceptors (Lipinski definition) is 6. The number of esters is 1. The number of nitrogens with one attached hydrogen (secondary N) is 1. The molecule has 0 unspecified atom stereocenters. The molecule has 2 aromatic heterocycles. The van der Waals surface area contributed by atoms with Crippen LogP contribution in [0.25, 0.3) is 5.82 Å². The molecule has 132 valence electrons. The predicted octanol–water partition coefficient (Wildman–Crippen LogP) is 1.91. The number of aromatic nitrogens is 4. The van der Waals surface area contributed by atoms with Crippen LogP contribution in [0.1, 0.15) is 15.9 Å². The number of nitrogens with zero attached hydrogens (tertiary/aromatic N) is 4. The van der Waals surface area contributed by atoms with E-state index in [4.69, 9.17) is 4.74 Å². The van der Waals surface area contributed by atoms with E-state index < -0.39 is 24.3 Å². The first-order valence-corrected chi connectivity index (χ1v) is 7.57. The molecule has 0 bridgehead atoms. The SMILES string of the molecule is Cc1ccc(NC(=O)COC(=O)c2ccnc(-n3cncn3)c2)c(F)c1. The van der Waals surface area contributed by atoms with Crippen LogP contribution in [-0.4, -0.2) is 38.2 Å². The Balaban J connectivity index is 1.60. The number of rotatable bonds is 5. The number of pyridine rings is 1. The maximum absolute atomic E-state index is 13.7. The van der Waals surface area contributed by atoms with E-state index in [1.165, 1.54) is 47.8 Å². The van der Waals surface area contributed by atoms with Gasteiger partial charge in [0.25, 0.3) is 5.91 Å². The summed E-state index contributed by atoms with van der Waals surface area (Å²) in [5, 5.41) is 6.27. The molecule has 0 saturated heterocycles. The first-order valence-electron chi connectivity index (χ1n) is 7.57. The van der Waals surface area contributed by atoms with Crippen molar-refractivity contribution >= 4 is 17.6 Å². The molecule has 0 aliphatic heterocycles. The van der Waals surface area contributed by atoms with E-state index in [0.29, 0.717) is 5.82 Å². The number of aryl methyl sites for hydroxylation is 1. The minimum absolute atomic E-state index is 0.0222. The Hall–Kier alpha value is -3.62. The second-order valence-electron chi connectivity index (χ2n) is 5.35. The Morgan fingerprint density at radius 3 is 2.85 bits per heavy atom. The number of benzene rings is 1. The van der Waals surface area contributed by atoms with Crippen LogP contribution in [0, 0.1) is 12.7 Å². The van der Waals surface area contributed by atoms with E-state index >= 15 is 0 Å². The summed E-state index contributed by atoms with van der Waals surface area (Å²) in [6.07, 6.45) is 4.18. The van der Waals surface area contributed by atoms with Gasteiger partial charge < -0.3 is 10.1 Å². The van der Waals surface area contributed by atoms with Crippen molar-refractivity contribution < 1.29 is 18.7 Å². The summed E-state index contributed by atoms with van der Waals surface area (Å²) < 4.78 is 20.0. The van der Waals surface area contributed by atoms with Crippen LogP contribution in [0.2, 0.25) is 0 Å². The van der Waals surface area contributed by atoms with Crippen LogP contribution in [0.5, 0.6) is 0 Å². The second kappa shape index (κ2) is 7.51. The summed E-state index contributed by atoms with van der Waals surface area (Å²) >= 11 is 0. The Labute approximate surface area is 147 Å². The van der Waals surface area contributed by atoms with Gasteiger partial charge in [-0.05, 0) is 36.8 Å². The molecule has 8 nitrogen and oxygen atoms in total. The van der Waals surface area contributed by atoms with Crippen LogP contribution in [0.4, 0.5) is 10.1 Å². The van der Waals surface area contributed by atoms with Crippen molar-refractivity contribution in [1.29, 1.82) is 0 Å². The van der Waals surface area contributed by atoms with Gasteiger partial charge in [0.1, 0.15) is 18.5 Å². The van der Waals surface area contributed by atoms with Crippen molar-refractivity contribution in [3.8, 4) is 5.82 Å². The van der Waals surface area contributed by atoms with Crippen molar-refractivity contribution in [3.63, 3.8) is 0 Å². The highest BCUT2D eigenvalue weighted by molar-refractivity contribution is 5.95. The average molecular weight is 355 g/mol. The molecule has 9 heteroatoms. The monoisotopic (exact) mass is 355 g/mol. The summed E-state index contributed by atoms with van der Waals surface area (Å²) in [6.45, 7) is 1.19. The molecule has 0 aliphatic rings. The summed E-state index contributed by atoms with van der Waals surface area (Å²) in [5.74, 6) is -1.54. The molecule has 2 heterocycles. The topological polar surface area (TPSA) is 99.0 Å². The zero-order chi connectivity index (χ0) is 18.5. The summed E-state index contributed by atoms with van der Waals surface area (Å²) in [5.41, 5.74) is 0.946. The van der Waals surface area contributed by atoms with Gasteiger partial charge in [-0.25, -0.2) is 23.8 Å². The molecule has 3 rings (SSSR count). The number of anilines is 1. The van der Waals surface area contributed by atoms with Gasteiger partial charge in [-0.1, -0.05) is 6.07 Å². The maximum Gasteiger partial charge on any atom is 0.338 e. The van der Waals surface area contributed by atoms with Crippen molar-refractivity contribution in [1.82, 2.24) is 19.7 Å². The molecule has 26 heavy (non-hydrogen) atoms. The summed E-state index contributed by atoms with van der Waals surface area (Å²) in [4.78, 5) is 31.8. The molecule has 3 aromatic rings. The van der Waals surface area contributed by atoms with Gasteiger partial charge in [0.2, 0.25) is 0 Å². The fraction of sp³-hybridized carbons (Fsp3) is 0.118. The lowest BCUT2D eigenvalue weighted by Gasteiger charge is -2.08. The molecule has 0 atom stereocenters. The third-order valence-corrected chi connectivity index (χ3v) is 3.37. The quantitative estimate of drug-likeness (QED) is 0.702. The average Bonchev–Trinajstić information content (AvgIpc) is 3.17. The molecular formula is C17H14FN5O3. The van der Waals surface area contributed by atoms with Crippen LogP contribution in [0.15, 0.2) is 49.2 Å². The number of carbonyl (C=O) groups excluding carboxylic acids is 2. The lowest BCUT2D eigenvalue weighted by molar-refractivity contribution is -0.119. The van der Waals surface area contributed by atoms with Crippen LogP contribution < -0.4 is 5.32 Å². The number of carbonyl (C=O) groups is 2. The fourth-order valence-electron chi connectivity index (χ4n) is 2.12. The standard InChI is InChI=1S/C17H14FN5O3/c1-11-2-3-14(13(18)6-11)22-16(24)8-26-17(25)12-4-5-20-15(7-12)23-10-19-9-21-23/h2-7,9-10H,8H2,1H3,(H,22,24). The van der Waals surface area contributed by atoms with Gasteiger partial charge in [0.05, 0.1) is 11.3 Å². The number of ether oxygens (including phenoxy) is 1. The van der Waals surface area contributed by atoms with E-state index in [2.05, 4.69) is 20.4 Å². The number of amides is 1. The van der Waals surface area contributed by atoms with Crippen LogP contribution in [0.3, 0.4) is 0 Å². The molecule has 1 amide bonds. The van der Waals surface area contributed by atoms with E-state index in [1.54, 1.807) is 13.0 Å². The first-order chi connectivity index (χ1) is 12.5. The normalized spacial score (nSPS) is 10.4. The largest absolute Gasteiger partial charge is 0.452 e. The molecule has 0 aliphatic carbocycles. The van der Waals surface area contributed by atoms with Crippen LogP contribution >= 0.6 is 0 Å². The fourth-order valence-corrected chi connectivity index (χ4v) is 2.12. The third kappa shape index (κ3) is 4.07. The minimum atomic E-state index is -0.715. The van der Waals surface area contributed by atoms with Crippen molar-refractivity contribution in [3.05, 3.63) is 66.1 Å². The van der Waals surface area contributed by atoms with Gasteiger partial charge in [-0.3, -0.25) is 4.79 Å². The lowest BCUT2D eigenvalue weighted by atomic mass is 10.2. The van der Waals surface area contributed by atoms with Crippen molar-refractivity contribution in [2.45, 2.75) is 6.92 Å². The minimum Gasteiger partial charge on any atom is -0.452 e. The van der Waals surface area contributed by atoms with E-state index in [-0.39, 0.29) is 11.3 Å². The highest BCUT2D eigenvalue weighted by Gasteiger charge is 2.13. The molecule has 1 aromatic carbocycles. The van der Waals surface area contributed by atoms with E-state index in [0.717, 1.165) is 5.56 Å². The van der Waals surface area contributed by atoms with Gasteiger partial charge in [-0.2, -0.15) is 5.10 Å². The van der Waals surface area contributed by atoms with Crippen molar-refractivity contribution in [2.75, 3.05) is 11.9 Å². The summed E-state index contributed by atoms with van der Waals surface area (Å²) in [7, 11) is 0. The molecule has 1 N–H and O–H groups in total. The predicted molar refractivity (Wildman–Crippen MR) is 89.2 cm³/mol. The first kappa shape index (κ1) is 17.2. The molecular weight excluding hydrogens is 341 g/mol. The maximum atomic E-state index is 13.7. The Kier molecular flexibility index (Phi) is 4.97. The van der Waals surface area contributed by atoms with Gasteiger partial charge in [-0.15, -0.1) is 0 Å². The number of hydrogen-bond donors (Lipinski definition) is 1. The Bertz CT molecular complexity index is 943. The molecule has 0 saturated carbocycles. The van der Waals surface area contributed by atoms with Crippen LogP contribution in [-0.2, 0) is 9.53 Å². The molecule has 0 radical (unpaired) electrons. The smallest absolute Gasteiger partial charge is 0.338 e. The lowest BCUT2D eigenvalue weighted by Crippen LogP contribution is -2.21. The highest BCUT2D eigenvalue weighted by Crippen LogP contribution is 2.15. The Morgan fingerprint density at radius 1 is 1.27 bits per heavy atom. The zero-order valence-electron chi connectivity index (χ0n) is 13.7. The van der Waals surface area contributed by atoms with E-state index in [9.17, 15) is 14.0 Å². The zero-order valence-corrected chi connectivity index (χ0v) is 13.7. The summed E-state index contributed by atoms with van der Waals surface area (Å²) in [6, 6.07) is 7.30. The van der Waals surface area contributed by atoms with Gasteiger partial charge in [0, 0.05) is 6.20 Å². The van der Waals surface area contributed by atoms with Gasteiger partial charge >= 0.3 is 5.97 Å². The Morgan fingerprint density at radius 2 is 2.12 bits per heavy atom. The van der Waals surface area contributed by atoms with Crippen molar-refractivity contribution in [2.24, 2.45) is 0 Å². The molecule has 0 spiro atoms. The third-order valence-electron chi connectivity index (χ3n) is 3.37. The van der Waals surface area contributed by atoms with E-state index in [1.807, 2.05) is 0 Å².